The normalized spacial score (nSPS) is 19.2. The van der Waals surface area contributed by atoms with Gasteiger partial charge in [0.25, 0.3) is 5.91 Å². The number of ketones is 1. The molecule has 2 aromatic rings. The van der Waals surface area contributed by atoms with Crippen molar-refractivity contribution < 1.29 is 9.59 Å². The van der Waals surface area contributed by atoms with Gasteiger partial charge in [-0.25, -0.2) is 4.98 Å². The first kappa shape index (κ1) is 18.4. The molecular weight excluding hydrogens is 374 g/mol. The van der Waals surface area contributed by atoms with Gasteiger partial charge in [0.05, 0.1) is 0 Å². The van der Waals surface area contributed by atoms with Crippen LogP contribution < -0.4 is 10.6 Å². The zero-order valence-corrected chi connectivity index (χ0v) is 16.2. The number of Topliss-reactive ketones (excluding diaryl/α,β-unsaturated/α-hetero) is 1. The molecule has 142 valence electrons. The summed E-state index contributed by atoms with van der Waals surface area (Å²) in [6.07, 6.45) is 3.75. The van der Waals surface area contributed by atoms with Crippen molar-refractivity contribution >= 4 is 29.1 Å². The summed E-state index contributed by atoms with van der Waals surface area (Å²) in [5.74, 6) is -0.139. The number of aromatic nitrogens is 1. The molecule has 0 spiro atoms. The molecule has 0 fully saturated rings. The summed E-state index contributed by atoms with van der Waals surface area (Å²) in [6.45, 7) is 1.87. The Morgan fingerprint density at radius 2 is 1.96 bits per heavy atom. The lowest BCUT2D eigenvalue weighted by atomic mass is 9.75. The van der Waals surface area contributed by atoms with Crippen molar-refractivity contribution in [2.24, 2.45) is 0 Å². The van der Waals surface area contributed by atoms with E-state index in [0.717, 1.165) is 29.8 Å². The van der Waals surface area contributed by atoms with E-state index in [0.29, 0.717) is 28.4 Å². The molecule has 1 atom stereocenters. The molecule has 6 heteroatoms. The van der Waals surface area contributed by atoms with Gasteiger partial charge >= 0.3 is 0 Å². The first-order valence-electron chi connectivity index (χ1n) is 9.26. The topological polar surface area (TPSA) is 71.1 Å². The quantitative estimate of drug-likeness (QED) is 0.813. The predicted octanol–water partition coefficient (Wildman–Crippen LogP) is 4.34. The fraction of sp³-hybridized carbons (Fsp3) is 0.227. The molecule has 1 aliphatic carbocycles. The molecule has 0 saturated carbocycles. The molecule has 4 rings (SSSR count). The predicted molar refractivity (Wildman–Crippen MR) is 109 cm³/mol. The minimum Gasteiger partial charge on any atom is -0.362 e. The molecule has 5 nitrogen and oxygen atoms in total. The Kier molecular flexibility index (Phi) is 5.01. The Hall–Kier alpha value is -2.92. The van der Waals surface area contributed by atoms with Gasteiger partial charge in [0.1, 0.15) is 5.82 Å². The zero-order valence-electron chi connectivity index (χ0n) is 15.5. The largest absolute Gasteiger partial charge is 0.362 e. The maximum Gasteiger partial charge on any atom is 0.255 e. The van der Waals surface area contributed by atoms with Crippen LogP contribution in [0.1, 0.15) is 37.7 Å². The molecule has 1 unspecified atom stereocenters. The second-order valence-corrected chi connectivity index (χ2v) is 7.42. The molecule has 2 aliphatic rings. The molecular formula is C22H20ClN3O2. The lowest BCUT2D eigenvalue weighted by molar-refractivity contribution is -0.116. The number of nitrogens with one attached hydrogen (secondary N) is 2. The molecule has 2 heterocycles. The van der Waals surface area contributed by atoms with E-state index in [2.05, 4.69) is 15.6 Å². The fourth-order valence-corrected chi connectivity index (χ4v) is 4.02. The summed E-state index contributed by atoms with van der Waals surface area (Å²) >= 11 is 6.06. The Morgan fingerprint density at radius 3 is 2.68 bits per heavy atom. The van der Waals surface area contributed by atoms with E-state index in [1.165, 1.54) is 0 Å². The number of amides is 1. The summed E-state index contributed by atoms with van der Waals surface area (Å²) in [6, 6.07) is 12.7. The Labute approximate surface area is 168 Å². The van der Waals surface area contributed by atoms with Gasteiger partial charge in [-0.1, -0.05) is 29.8 Å². The second-order valence-electron chi connectivity index (χ2n) is 6.99. The average molecular weight is 394 g/mol. The number of nitrogens with zero attached hydrogens (tertiary/aromatic N) is 1. The van der Waals surface area contributed by atoms with Gasteiger partial charge in [-0.15, -0.1) is 0 Å². The zero-order chi connectivity index (χ0) is 19.7. The number of hydrogen-bond acceptors (Lipinski definition) is 4. The standard InChI is InChI=1S/C22H20ClN3O2/c1-13-19(22(28)26-18-7-2-3-12-24-18)20(14-8-10-15(23)11-9-14)21-16(25-13)5-4-6-17(21)27/h2-3,7-12,20,25H,4-6H2,1H3,(H,24,26,28). The molecule has 1 aliphatic heterocycles. The van der Waals surface area contributed by atoms with Crippen molar-refractivity contribution in [3.63, 3.8) is 0 Å². The number of pyridine rings is 1. The molecule has 0 radical (unpaired) electrons. The minimum absolute atomic E-state index is 0.0873. The number of rotatable bonds is 3. The van der Waals surface area contributed by atoms with E-state index in [1.807, 2.05) is 25.1 Å². The van der Waals surface area contributed by atoms with Crippen molar-refractivity contribution in [3.05, 3.63) is 81.8 Å². The first-order chi connectivity index (χ1) is 13.5. The van der Waals surface area contributed by atoms with Crippen molar-refractivity contribution in [1.82, 2.24) is 10.3 Å². The third kappa shape index (κ3) is 3.45. The van der Waals surface area contributed by atoms with E-state index in [4.69, 9.17) is 11.6 Å². The number of allylic oxidation sites excluding steroid dienone is 3. The van der Waals surface area contributed by atoms with E-state index in [1.54, 1.807) is 30.5 Å². The molecule has 0 bridgehead atoms. The molecule has 1 aromatic carbocycles. The van der Waals surface area contributed by atoms with E-state index >= 15 is 0 Å². The van der Waals surface area contributed by atoms with Crippen LogP contribution in [0.2, 0.25) is 5.02 Å². The molecule has 0 saturated heterocycles. The highest BCUT2D eigenvalue weighted by Crippen LogP contribution is 2.42. The molecule has 1 amide bonds. The van der Waals surface area contributed by atoms with Crippen LogP contribution in [0.3, 0.4) is 0 Å². The molecule has 2 N–H and O–H groups in total. The summed E-state index contributed by atoms with van der Waals surface area (Å²) in [5.41, 5.74) is 3.76. The van der Waals surface area contributed by atoms with Gasteiger partial charge in [-0.3, -0.25) is 9.59 Å². The number of dihydropyridines is 1. The fourth-order valence-electron chi connectivity index (χ4n) is 3.89. The summed E-state index contributed by atoms with van der Waals surface area (Å²) in [5, 5.41) is 6.78. The first-order valence-corrected chi connectivity index (χ1v) is 9.64. The SMILES string of the molecule is CC1=C(C(=O)Nc2ccccn2)C(c2ccc(Cl)cc2)C2=C(CCCC2=O)N1. The molecule has 1 aromatic heterocycles. The van der Waals surface area contributed by atoms with Crippen LogP contribution in [-0.2, 0) is 9.59 Å². The Morgan fingerprint density at radius 1 is 1.18 bits per heavy atom. The van der Waals surface area contributed by atoms with Crippen molar-refractivity contribution in [3.8, 4) is 0 Å². The maximum atomic E-state index is 13.2. The van der Waals surface area contributed by atoms with Crippen LogP contribution in [0.4, 0.5) is 5.82 Å². The number of benzene rings is 1. The monoisotopic (exact) mass is 393 g/mol. The van der Waals surface area contributed by atoms with Gasteiger partial charge < -0.3 is 10.6 Å². The van der Waals surface area contributed by atoms with Crippen LogP contribution in [0, 0.1) is 0 Å². The third-order valence-corrected chi connectivity index (χ3v) is 5.38. The summed E-state index contributed by atoms with van der Waals surface area (Å²) in [7, 11) is 0. The van der Waals surface area contributed by atoms with E-state index in [-0.39, 0.29) is 11.7 Å². The van der Waals surface area contributed by atoms with Gasteiger partial charge in [0.15, 0.2) is 5.78 Å². The van der Waals surface area contributed by atoms with Crippen molar-refractivity contribution in [2.45, 2.75) is 32.1 Å². The average Bonchev–Trinajstić information content (AvgIpc) is 2.68. The van der Waals surface area contributed by atoms with E-state index in [9.17, 15) is 9.59 Å². The number of hydrogen-bond donors (Lipinski definition) is 2. The van der Waals surface area contributed by atoms with Crippen LogP contribution in [0.15, 0.2) is 71.2 Å². The highest BCUT2D eigenvalue weighted by Gasteiger charge is 2.38. The van der Waals surface area contributed by atoms with Crippen LogP contribution in [0.25, 0.3) is 0 Å². The smallest absolute Gasteiger partial charge is 0.255 e. The second kappa shape index (κ2) is 7.60. The third-order valence-electron chi connectivity index (χ3n) is 5.13. The number of anilines is 1. The van der Waals surface area contributed by atoms with Gasteiger partial charge in [-0.2, -0.15) is 0 Å². The van der Waals surface area contributed by atoms with Gasteiger partial charge in [0, 0.05) is 46.1 Å². The highest BCUT2D eigenvalue weighted by atomic mass is 35.5. The summed E-state index contributed by atoms with van der Waals surface area (Å²) < 4.78 is 0. The number of carbonyl (C=O) groups excluding carboxylic acids is 2. The lowest BCUT2D eigenvalue weighted by Gasteiger charge is -2.34. The van der Waals surface area contributed by atoms with Crippen LogP contribution in [0.5, 0.6) is 0 Å². The van der Waals surface area contributed by atoms with Gasteiger partial charge in [-0.05, 0) is 49.6 Å². The van der Waals surface area contributed by atoms with Crippen molar-refractivity contribution in [1.29, 1.82) is 0 Å². The lowest BCUT2D eigenvalue weighted by Crippen LogP contribution is -2.35. The van der Waals surface area contributed by atoms with Crippen molar-refractivity contribution in [2.75, 3.05) is 5.32 Å². The summed E-state index contributed by atoms with van der Waals surface area (Å²) in [4.78, 5) is 30.2. The maximum absolute atomic E-state index is 13.2. The molecule has 28 heavy (non-hydrogen) atoms. The number of halogens is 1. The minimum atomic E-state index is -0.426. The number of carbonyl (C=O) groups is 2. The highest BCUT2D eigenvalue weighted by molar-refractivity contribution is 6.30. The van der Waals surface area contributed by atoms with Crippen LogP contribution >= 0.6 is 11.6 Å². The Balaban J connectivity index is 1.79. The van der Waals surface area contributed by atoms with Crippen LogP contribution in [-0.4, -0.2) is 16.7 Å². The van der Waals surface area contributed by atoms with Gasteiger partial charge in [0.2, 0.25) is 0 Å². The Bertz CT molecular complexity index is 994. The van der Waals surface area contributed by atoms with E-state index < -0.39 is 5.92 Å².